The third kappa shape index (κ3) is 5.86. The summed E-state index contributed by atoms with van der Waals surface area (Å²) in [7, 11) is 0. The maximum atomic E-state index is 11.9. The first kappa shape index (κ1) is 19.0. The van der Waals surface area contributed by atoms with Gasteiger partial charge in [-0.2, -0.15) is 0 Å². The fraction of sp³-hybridized carbons (Fsp3) is 0.400. The molecule has 1 aliphatic heterocycles. The lowest BCUT2D eigenvalue weighted by Gasteiger charge is -2.36. The predicted octanol–water partition coefficient (Wildman–Crippen LogP) is 1.34. The van der Waals surface area contributed by atoms with Gasteiger partial charge in [-0.3, -0.25) is 14.5 Å². The Balaban J connectivity index is 1.26. The maximum absolute atomic E-state index is 11.9. The van der Waals surface area contributed by atoms with Crippen molar-refractivity contribution in [2.75, 3.05) is 50.7 Å². The lowest BCUT2D eigenvalue weighted by atomic mass is 10.2. The van der Waals surface area contributed by atoms with Gasteiger partial charge in [0.05, 0.1) is 6.26 Å². The first-order valence-electron chi connectivity index (χ1n) is 9.33. The van der Waals surface area contributed by atoms with Gasteiger partial charge in [0.2, 0.25) is 5.91 Å². The number of benzene rings is 1. The molecule has 1 aromatic heterocycles. The topological polar surface area (TPSA) is 77.8 Å². The van der Waals surface area contributed by atoms with Crippen LogP contribution in [0.4, 0.5) is 5.69 Å². The molecule has 2 N–H and O–H groups in total. The summed E-state index contributed by atoms with van der Waals surface area (Å²) in [5, 5.41) is 5.58. The number of rotatable bonds is 8. The van der Waals surface area contributed by atoms with Crippen molar-refractivity contribution >= 4 is 17.5 Å². The highest BCUT2D eigenvalue weighted by Gasteiger charge is 2.16. The third-order valence-corrected chi connectivity index (χ3v) is 4.63. The Morgan fingerprint density at radius 2 is 1.70 bits per heavy atom. The molecule has 0 unspecified atom stereocenters. The number of amides is 2. The Morgan fingerprint density at radius 3 is 2.41 bits per heavy atom. The second-order valence-electron chi connectivity index (χ2n) is 6.50. The highest BCUT2D eigenvalue weighted by molar-refractivity contribution is 5.91. The average molecular weight is 370 g/mol. The molecule has 2 amide bonds. The van der Waals surface area contributed by atoms with E-state index in [0.717, 1.165) is 32.7 Å². The van der Waals surface area contributed by atoms with Crippen LogP contribution in [0, 0.1) is 0 Å². The van der Waals surface area contributed by atoms with Crippen molar-refractivity contribution < 1.29 is 14.0 Å². The molecular formula is C20H26N4O3. The first-order valence-corrected chi connectivity index (χ1v) is 9.33. The van der Waals surface area contributed by atoms with Crippen LogP contribution < -0.4 is 15.5 Å². The molecule has 0 saturated carbocycles. The van der Waals surface area contributed by atoms with Crippen LogP contribution in [0.5, 0.6) is 0 Å². The van der Waals surface area contributed by atoms with Gasteiger partial charge in [0.1, 0.15) is 0 Å². The number of hydrogen-bond acceptors (Lipinski definition) is 5. The normalized spacial score (nSPS) is 14.7. The summed E-state index contributed by atoms with van der Waals surface area (Å²) in [5.74, 6) is -0.105. The summed E-state index contributed by atoms with van der Waals surface area (Å²) >= 11 is 0. The minimum atomic E-state index is -0.302. The van der Waals surface area contributed by atoms with E-state index in [2.05, 4.69) is 44.7 Å². The molecule has 1 aliphatic rings. The number of piperazine rings is 1. The number of hydrogen-bond donors (Lipinski definition) is 2. The van der Waals surface area contributed by atoms with E-state index in [1.165, 1.54) is 12.0 Å². The van der Waals surface area contributed by atoms with Gasteiger partial charge in [0.25, 0.3) is 5.91 Å². The quantitative estimate of drug-likeness (QED) is 0.733. The van der Waals surface area contributed by atoms with Crippen LogP contribution in [-0.4, -0.2) is 62.5 Å². The van der Waals surface area contributed by atoms with Crippen LogP contribution in [-0.2, 0) is 4.79 Å². The number of anilines is 1. The molecule has 1 fully saturated rings. The van der Waals surface area contributed by atoms with E-state index in [9.17, 15) is 9.59 Å². The molecule has 0 atom stereocenters. The molecule has 0 spiro atoms. The van der Waals surface area contributed by atoms with Crippen LogP contribution in [0.2, 0.25) is 0 Å². The minimum Gasteiger partial charge on any atom is -0.459 e. The highest BCUT2D eigenvalue weighted by Crippen LogP contribution is 2.15. The molecule has 7 heteroatoms. The zero-order valence-corrected chi connectivity index (χ0v) is 15.4. The van der Waals surface area contributed by atoms with Gasteiger partial charge in [-0.15, -0.1) is 0 Å². The highest BCUT2D eigenvalue weighted by atomic mass is 16.3. The molecule has 0 bridgehead atoms. The molecule has 2 aromatic rings. The maximum Gasteiger partial charge on any atom is 0.286 e. The number of carbonyl (C=O) groups excluding carboxylic acids is 2. The van der Waals surface area contributed by atoms with E-state index in [1.807, 2.05) is 6.07 Å². The number of nitrogens with zero attached hydrogens (tertiary/aromatic N) is 2. The van der Waals surface area contributed by atoms with Crippen molar-refractivity contribution in [1.82, 2.24) is 15.5 Å². The van der Waals surface area contributed by atoms with Gasteiger partial charge in [0.15, 0.2) is 5.76 Å². The van der Waals surface area contributed by atoms with Gasteiger partial charge >= 0.3 is 0 Å². The smallest absolute Gasteiger partial charge is 0.286 e. The van der Waals surface area contributed by atoms with Gasteiger partial charge in [0, 0.05) is 57.9 Å². The summed E-state index contributed by atoms with van der Waals surface area (Å²) in [4.78, 5) is 28.3. The van der Waals surface area contributed by atoms with Gasteiger partial charge in [-0.25, -0.2) is 0 Å². The molecule has 0 radical (unpaired) electrons. The van der Waals surface area contributed by atoms with Crippen molar-refractivity contribution in [1.29, 1.82) is 0 Å². The van der Waals surface area contributed by atoms with E-state index < -0.39 is 0 Å². The van der Waals surface area contributed by atoms with Crippen LogP contribution in [0.3, 0.4) is 0 Å². The number of carbonyl (C=O) groups is 2. The van der Waals surface area contributed by atoms with E-state index in [-0.39, 0.29) is 24.0 Å². The average Bonchev–Trinajstić information content (AvgIpc) is 3.24. The van der Waals surface area contributed by atoms with Crippen LogP contribution in [0.25, 0.3) is 0 Å². The second kappa shape index (κ2) is 9.78. The Morgan fingerprint density at radius 1 is 0.926 bits per heavy atom. The van der Waals surface area contributed by atoms with Crippen LogP contribution in [0.15, 0.2) is 53.1 Å². The van der Waals surface area contributed by atoms with Crippen molar-refractivity contribution in [3.63, 3.8) is 0 Å². The van der Waals surface area contributed by atoms with Gasteiger partial charge in [-0.05, 0) is 24.3 Å². The SMILES string of the molecule is O=C(CCNC(=O)c1ccco1)NCCN1CCN(c2ccccc2)CC1. The fourth-order valence-electron chi connectivity index (χ4n) is 3.09. The van der Waals surface area contributed by atoms with E-state index in [0.29, 0.717) is 13.1 Å². The summed E-state index contributed by atoms with van der Waals surface area (Å²) in [6, 6.07) is 13.7. The molecule has 7 nitrogen and oxygen atoms in total. The summed E-state index contributed by atoms with van der Waals surface area (Å²) in [6.45, 7) is 5.73. The van der Waals surface area contributed by atoms with Crippen molar-refractivity contribution in [3.8, 4) is 0 Å². The fourth-order valence-corrected chi connectivity index (χ4v) is 3.09. The Labute approximate surface area is 159 Å². The first-order chi connectivity index (χ1) is 13.2. The molecule has 2 heterocycles. The van der Waals surface area contributed by atoms with E-state index in [4.69, 9.17) is 4.42 Å². The largest absolute Gasteiger partial charge is 0.459 e. The summed E-state index contributed by atoms with van der Waals surface area (Å²) < 4.78 is 5.00. The summed E-state index contributed by atoms with van der Waals surface area (Å²) in [6.07, 6.45) is 1.70. The molecular weight excluding hydrogens is 344 g/mol. The molecule has 3 rings (SSSR count). The third-order valence-electron chi connectivity index (χ3n) is 4.63. The number of para-hydroxylation sites is 1. The van der Waals surface area contributed by atoms with Crippen LogP contribution in [0.1, 0.15) is 17.0 Å². The number of nitrogens with one attached hydrogen (secondary N) is 2. The Bertz CT molecular complexity index is 710. The van der Waals surface area contributed by atoms with Crippen molar-refractivity contribution in [2.24, 2.45) is 0 Å². The molecule has 1 saturated heterocycles. The molecule has 0 aliphatic carbocycles. The van der Waals surface area contributed by atoms with Gasteiger partial charge < -0.3 is 20.0 Å². The standard InChI is InChI=1S/C20H26N4O3/c25-19(8-9-22-20(26)18-7-4-16-27-18)21-10-11-23-12-14-24(15-13-23)17-5-2-1-3-6-17/h1-7,16H,8-15H2,(H,21,25)(H,22,26). The van der Waals surface area contributed by atoms with Gasteiger partial charge in [-0.1, -0.05) is 18.2 Å². The Kier molecular flexibility index (Phi) is 6.87. The summed E-state index contributed by atoms with van der Waals surface area (Å²) in [5.41, 5.74) is 1.27. The molecule has 27 heavy (non-hydrogen) atoms. The predicted molar refractivity (Wildman–Crippen MR) is 104 cm³/mol. The Hall–Kier alpha value is -2.80. The lowest BCUT2D eigenvalue weighted by Crippen LogP contribution is -2.48. The van der Waals surface area contributed by atoms with Crippen molar-refractivity contribution in [2.45, 2.75) is 6.42 Å². The number of furan rings is 1. The van der Waals surface area contributed by atoms with Crippen LogP contribution >= 0.6 is 0 Å². The van der Waals surface area contributed by atoms with Crippen molar-refractivity contribution in [3.05, 3.63) is 54.5 Å². The zero-order chi connectivity index (χ0) is 18.9. The molecule has 1 aromatic carbocycles. The lowest BCUT2D eigenvalue weighted by molar-refractivity contribution is -0.121. The second-order valence-corrected chi connectivity index (χ2v) is 6.50. The van der Waals surface area contributed by atoms with E-state index >= 15 is 0 Å². The van der Waals surface area contributed by atoms with E-state index in [1.54, 1.807) is 12.1 Å². The zero-order valence-electron chi connectivity index (χ0n) is 15.4. The monoisotopic (exact) mass is 370 g/mol. The minimum absolute atomic E-state index is 0.0577. The molecule has 144 valence electrons.